The molecule has 6 nitrogen and oxygen atoms in total. The predicted octanol–water partition coefficient (Wildman–Crippen LogP) is 2.30. The summed E-state index contributed by atoms with van der Waals surface area (Å²) in [5, 5.41) is 12.5. The van der Waals surface area contributed by atoms with Gasteiger partial charge in [0.1, 0.15) is 0 Å². The molecule has 0 saturated heterocycles. The summed E-state index contributed by atoms with van der Waals surface area (Å²) < 4.78 is 0. The fraction of sp³-hybridized carbons (Fsp3) is 0.917. The third-order valence-corrected chi connectivity index (χ3v) is 5.34. The summed E-state index contributed by atoms with van der Waals surface area (Å²) >= 11 is 0. The number of hydroxylamine groups is 1. The van der Waals surface area contributed by atoms with E-state index < -0.39 is 12.1 Å². The molecule has 0 radical (unpaired) electrons. The van der Waals surface area contributed by atoms with Gasteiger partial charge in [-0.2, -0.15) is 5.48 Å². The summed E-state index contributed by atoms with van der Waals surface area (Å²) in [5.41, 5.74) is 2.39. The molecule has 0 rings (SSSR count). The van der Waals surface area contributed by atoms with E-state index in [-0.39, 0.29) is 43.4 Å². The smallest absolute Gasteiger partial charge is 1.00 e. The Morgan fingerprint density at radius 1 is 0.839 bits per heavy atom. The molecule has 1 atom stereocenters. The average molecular weight is 453 g/mol. The summed E-state index contributed by atoms with van der Waals surface area (Å²) in [5.74, 6) is -0.399. The molecule has 0 saturated carbocycles. The van der Waals surface area contributed by atoms with E-state index >= 15 is 0 Å². The first kappa shape index (κ1) is 33.0. The maximum Gasteiger partial charge on any atom is 1.00 e. The molecule has 0 aliphatic heterocycles. The first-order valence-corrected chi connectivity index (χ1v) is 12.4. The molecule has 7 heteroatoms. The van der Waals surface area contributed by atoms with Crippen molar-refractivity contribution in [1.29, 1.82) is 0 Å². The van der Waals surface area contributed by atoms with E-state index in [9.17, 15) is 14.7 Å². The first-order chi connectivity index (χ1) is 14.6. The zero-order valence-corrected chi connectivity index (χ0v) is 22.7. The fourth-order valence-corrected chi connectivity index (χ4v) is 3.47. The third-order valence-electron chi connectivity index (χ3n) is 5.34. The number of amides is 1. The van der Waals surface area contributed by atoms with Crippen LogP contribution in [0.2, 0.25) is 0 Å². The zero-order valence-electron chi connectivity index (χ0n) is 21.7. The normalized spacial score (nSPS) is 11.6. The first-order valence-electron chi connectivity index (χ1n) is 12.4. The molecule has 31 heavy (non-hydrogen) atoms. The topological polar surface area (TPSA) is 87.7 Å². The summed E-state index contributed by atoms with van der Waals surface area (Å²) in [4.78, 5) is 26.9. The van der Waals surface area contributed by atoms with Crippen LogP contribution in [0.1, 0.15) is 124 Å². The molecule has 3 N–H and O–H groups in total. The Labute approximate surface area is 214 Å². The number of hydrogen-bond acceptors (Lipinski definition) is 5. The van der Waals surface area contributed by atoms with Gasteiger partial charge in [-0.15, -0.1) is 0 Å². The minimum atomic E-state index is -0.657. The van der Waals surface area contributed by atoms with Crippen LogP contribution < -0.4 is 40.4 Å². The van der Waals surface area contributed by atoms with Gasteiger partial charge in [-0.1, -0.05) is 96.8 Å². The van der Waals surface area contributed by atoms with Crippen molar-refractivity contribution in [1.82, 2.24) is 10.8 Å². The van der Waals surface area contributed by atoms with Crippen LogP contribution in [-0.2, 0) is 14.4 Å². The summed E-state index contributed by atoms with van der Waals surface area (Å²) in [6, 6.07) is 0. The van der Waals surface area contributed by atoms with Crippen molar-refractivity contribution in [3.05, 3.63) is 0 Å². The molecule has 0 bridgehead atoms. The van der Waals surface area contributed by atoms with Crippen molar-refractivity contribution >= 4 is 11.9 Å². The maximum atomic E-state index is 11.8. The molecule has 0 heterocycles. The second-order valence-electron chi connectivity index (χ2n) is 8.43. The predicted molar refractivity (Wildman–Crippen MR) is 124 cm³/mol. The van der Waals surface area contributed by atoms with E-state index in [0.29, 0.717) is 19.4 Å². The average Bonchev–Trinajstić information content (AvgIpc) is 2.70. The fourth-order valence-electron chi connectivity index (χ4n) is 3.47. The maximum absolute atomic E-state index is 11.8. The van der Waals surface area contributed by atoms with Crippen LogP contribution in [0.3, 0.4) is 0 Å². The van der Waals surface area contributed by atoms with Crippen LogP contribution >= 0.6 is 0 Å². The largest absolute Gasteiger partial charge is 1.00 e. The van der Waals surface area contributed by atoms with E-state index in [1.165, 1.54) is 90.4 Å². The van der Waals surface area contributed by atoms with E-state index in [1.54, 1.807) is 0 Å². The minimum absolute atomic E-state index is 0. The Kier molecular flexibility index (Phi) is 27.8. The second-order valence-corrected chi connectivity index (χ2v) is 8.43. The van der Waals surface area contributed by atoms with Crippen molar-refractivity contribution in [2.24, 2.45) is 0 Å². The standard InChI is InChI=1S/C24H48N2O4.Na.H/c1-3-4-5-6-7-8-9-10-11-12-13-14-15-16-17-18-24(29)25-20-19-23(28)21-26-30-22(2)27;;/h23,26,28H,3-21H2,1-2H3,(H,25,29);;/q;+1;-1. The number of carbonyl (C=O) groups is 2. The molecule has 0 aromatic rings. The number of aliphatic hydroxyl groups is 1. The molecule has 0 aliphatic carbocycles. The number of hydrogen-bond donors (Lipinski definition) is 3. The van der Waals surface area contributed by atoms with Crippen molar-refractivity contribution in [2.75, 3.05) is 13.1 Å². The Hall–Kier alpha value is -0.140. The monoisotopic (exact) mass is 452 g/mol. The number of carbonyl (C=O) groups excluding carboxylic acids is 2. The van der Waals surface area contributed by atoms with Gasteiger partial charge in [-0.05, 0) is 12.8 Å². The molecule has 1 amide bonds. The SMILES string of the molecule is CCCCCCCCCCCCCCCCCC(=O)NCCC(O)CNOC(C)=O.[H-].[Na+]. The van der Waals surface area contributed by atoms with Crippen LogP contribution in [0.25, 0.3) is 0 Å². The molecular formula is C24H49N2NaO4. The van der Waals surface area contributed by atoms with Crippen LogP contribution in [-0.4, -0.2) is 36.2 Å². The summed E-state index contributed by atoms with van der Waals surface area (Å²) in [7, 11) is 0. The second kappa shape index (κ2) is 26.1. The third kappa shape index (κ3) is 27.8. The van der Waals surface area contributed by atoms with Gasteiger partial charge in [-0.3, -0.25) is 9.59 Å². The molecule has 0 fully saturated rings. The number of nitrogens with one attached hydrogen (secondary N) is 2. The number of unbranched alkanes of at least 4 members (excludes halogenated alkanes) is 14. The molecule has 0 aliphatic rings. The van der Waals surface area contributed by atoms with Crippen molar-refractivity contribution in [2.45, 2.75) is 129 Å². The molecule has 0 aromatic carbocycles. The van der Waals surface area contributed by atoms with Crippen LogP contribution in [0.15, 0.2) is 0 Å². The Balaban J connectivity index is -0.00000420. The van der Waals surface area contributed by atoms with Gasteiger partial charge in [0, 0.05) is 19.9 Å². The Bertz CT molecular complexity index is 417. The van der Waals surface area contributed by atoms with Gasteiger partial charge in [-0.25, -0.2) is 0 Å². The molecule has 180 valence electrons. The van der Waals surface area contributed by atoms with Crippen LogP contribution in [0, 0.1) is 0 Å². The molecule has 0 aromatic heterocycles. The molecule has 0 spiro atoms. The van der Waals surface area contributed by atoms with Crippen molar-refractivity contribution in [3.8, 4) is 0 Å². The van der Waals surface area contributed by atoms with E-state index in [2.05, 4.69) is 22.6 Å². The summed E-state index contributed by atoms with van der Waals surface area (Å²) in [6.07, 6.45) is 20.1. The van der Waals surface area contributed by atoms with Crippen molar-refractivity contribution < 1.29 is 50.5 Å². The molecular weight excluding hydrogens is 403 g/mol. The van der Waals surface area contributed by atoms with Gasteiger partial charge < -0.3 is 16.7 Å². The zero-order chi connectivity index (χ0) is 22.3. The summed E-state index contributed by atoms with van der Waals surface area (Å²) in [6.45, 7) is 4.15. The van der Waals surface area contributed by atoms with Gasteiger partial charge in [0.25, 0.3) is 0 Å². The van der Waals surface area contributed by atoms with E-state index in [4.69, 9.17) is 0 Å². The Morgan fingerprint density at radius 3 is 1.74 bits per heavy atom. The van der Waals surface area contributed by atoms with Crippen LogP contribution in [0.4, 0.5) is 0 Å². The van der Waals surface area contributed by atoms with Crippen LogP contribution in [0.5, 0.6) is 0 Å². The van der Waals surface area contributed by atoms with Crippen molar-refractivity contribution in [3.63, 3.8) is 0 Å². The number of aliphatic hydroxyl groups excluding tert-OH is 1. The van der Waals surface area contributed by atoms with E-state index in [0.717, 1.165) is 12.8 Å². The van der Waals surface area contributed by atoms with Gasteiger partial charge >= 0.3 is 35.5 Å². The number of rotatable bonds is 22. The van der Waals surface area contributed by atoms with Gasteiger partial charge in [0.05, 0.1) is 12.6 Å². The Morgan fingerprint density at radius 2 is 1.29 bits per heavy atom. The van der Waals surface area contributed by atoms with E-state index in [1.807, 2.05) is 0 Å². The van der Waals surface area contributed by atoms with Gasteiger partial charge in [0.15, 0.2) is 0 Å². The quantitative estimate of drug-likeness (QED) is 0.133. The minimum Gasteiger partial charge on any atom is -1.00 e. The molecule has 1 unspecified atom stereocenters. The van der Waals surface area contributed by atoms with Gasteiger partial charge in [0.2, 0.25) is 5.91 Å².